The minimum atomic E-state index is -0.604. The number of aromatic amines is 1. The van der Waals surface area contributed by atoms with Crippen LogP contribution in [0.4, 0.5) is 10.1 Å². The van der Waals surface area contributed by atoms with E-state index in [0.717, 1.165) is 0 Å². The monoisotopic (exact) mass is 263 g/mol. The van der Waals surface area contributed by atoms with Gasteiger partial charge in [0, 0.05) is 7.05 Å². The van der Waals surface area contributed by atoms with Crippen LogP contribution < -0.4 is 5.73 Å². The van der Waals surface area contributed by atoms with E-state index in [1.54, 1.807) is 14.0 Å². The Balaban J connectivity index is 2.17. The molecule has 0 fully saturated rings. The molecule has 0 atom stereocenters. The summed E-state index contributed by atoms with van der Waals surface area (Å²) in [6.45, 7) is 1.99. The van der Waals surface area contributed by atoms with Crippen molar-refractivity contribution in [3.05, 3.63) is 41.2 Å². The van der Waals surface area contributed by atoms with Gasteiger partial charge < -0.3 is 10.6 Å². The molecule has 0 aliphatic rings. The lowest BCUT2D eigenvalue weighted by molar-refractivity contribution is 0.0782. The molecule has 0 radical (unpaired) electrons. The van der Waals surface area contributed by atoms with Gasteiger partial charge in [-0.25, -0.2) is 9.37 Å². The average molecular weight is 263 g/mol. The molecule has 0 bridgehead atoms. The largest absolute Gasteiger partial charge is 0.396 e. The van der Waals surface area contributed by atoms with Gasteiger partial charge in [0.15, 0.2) is 5.82 Å². The number of carbonyl (C=O) groups is 1. The quantitative estimate of drug-likeness (QED) is 0.812. The molecule has 2 rings (SSSR count). The molecule has 100 valence electrons. The SMILES string of the molecule is Cc1nc(CN(C)C(=O)c2cccc(F)c2N)n[nH]1. The van der Waals surface area contributed by atoms with E-state index >= 15 is 0 Å². The molecule has 1 heterocycles. The van der Waals surface area contributed by atoms with Gasteiger partial charge in [-0.05, 0) is 19.1 Å². The molecule has 6 nitrogen and oxygen atoms in total. The van der Waals surface area contributed by atoms with E-state index in [0.29, 0.717) is 11.6 Å². The fourth-order valence-corrected chi connectivity index (χ4v) is 1.67. The molecule has 0 unspecified atom stereocenters. The van der Waals surface area contributed by atoms with Crippen LogP contribution in [0.1, 0.15) is 22.0 Å². The maximum atomic E-state index is 13.3. The first-order chi connectivity index (χ1) is 8.99. The number of aryl methyl sites for hydroxylation is 1. The number of aromatic nitrogens is 3. The van der Waals surface area contributed by atoms with Crippen LogP contribution in [-0.4, -0.2) is 33.0 Å². The van der Waals surface area contributed by atoms with Crippen LogP contribution in [0.5, 0.6) is 0 Å². The summed E-state index contributed by atoms with van der Waals surface area (Å²) in [7, 11) is 1.58. The number of nitrogens with two attached hydrogens (primary N) is 1. The highest BCUT2D eigenvalue weighted by Crippen LogP contribution is 2.17. The Kier molecular flexibility index (Phi) is 3.46. The number of carbonyl (C=O) groups excluding carboxylic acids is 1. The highest BCUT2D eigenvalue weighted by atomic mass is 19.1. The summed E-state index contributed by atoms with van der Waals surface area (Å²) in [5.41, 5.74) is 5.55. The van der Waals surface area contributed by atoms with E-state index in [2.05, 4.69) is 15.2 Å². The molecule has 0 aliphatic carbocycles. The van der Waals surface area contributed by atoms with Crippen molar-refractivity contribution in [1.82, 2.24) is 20.1 Å². The first-order valence-electron chi connectivity index (χ1n) is 5.66. The predicted molar refractivity (Wildman–Crippen MR) is 67.7 cm³/mol. The van der Waals surface area contributed by atoms with Crippen molar-refractivity contribution in [3.63, 3.8) is 0 Å². The number of rotatable bonds is 3. The topological polar surface area (TPSA) is 87.9 Å². The third-order valence-corrected chi connectivity index (χ3v) is 2.65. The number of nitrogen functional groups attached to an aromatic ring is 1. The van der Waals surface area contributed by atoms with E-state index in [1.165, 1.54) is 23.1 Å². The number of nitrogens with one attached hydrogen (secondary N) is 1. The summed E-state index contributed by atoms with van der Waals surface area (Å²) >= 11 is 0. The molecule has 0 aliphatic heterocycles. The number of para-hydroxylation sites is 1. The summed E-state index contributed by atoms with van der Waals surface area (Å²) in [6.07, 6.45) is 0. The molecule has 2 aromatic rings. The van der Waals surface area contributed by atoms with Crippen molar-refractivity contribution in [2.24, 2.45) is 0 Å². The molecular weight excluding hydrogens is 249 g/mol. The van der Waals surface area contributed by atoms with E-state index in [1.807, 2.05) is 0 Å². The Labute approximate surface area is 109 Å². The molecular formula is C12H14FN5O. The second-order valence-electron chi connectivity index (χ2n) is 4.20. The van der Waals surface area contributed by atoms with Crippen molar-refractivity contribution >= 4 is 11.6 Å². The van der Waals surface area contributed by atoms with E-state index in [9.17, 15) is 9.18 Å². The number of H-pyrrole nitrogens is 1. The van der Waals surface area contributed by atoms with Crippen LogP contribution in [-0.2, 0) is 6.54 Å². The standard InChI is InChI=1S/C12H14FN5O/c1-7-15-10(17-16-7)6-18(2)12(19)8-4-3-5-9(13)11(8)14/h3-5H,6,14H2,1-2H3,(H,15,16,17). The summed E-state index contributed by atoms with van der Waals surface area (Å²) in [5.74, 6) is 0.178. The molecule has 1 amide bonds. The highest BCUT2D eigenvalue weighted by molar-refractivity contribution is 5.99. The smallest absolute Gasteiger partial charge is 0.256 e. The Morgan fingerprint density at radius 2 is 2.26 bits per heavy atom. The minimum absolute atomic E-state index is 0.134. The van der Waals surface area contributed by atoms with Gasteiger partial charge >= 0.3 is 0 Å². The van der Waals surface area contributed by atoms with E-state index < -0.39 is 5.82 Å². The number of halogens is 1. The number of benzene rings is 1. The molecule has 0 spiro atoms. The lowest BCUT2D eigenvalue weighted by Gasteiger charge is -2.16. The van der Waals surface area contributed by atoms with Crippen LogP contribution in [0.15, 0.2) is 18.2 Å². The summed E-state index contributed by atoms with van der Waals surface area (Å²) in [6, 6.07) is 4.15. The Bertz CT molecular complexity index is 610. The van der Waals surface area contributed by atoms with E-state index in [4.69, 9.17) is 5.73 Å². The fraction of sp³-hybridized carbons (Fsp3) is 0.250. The molecule has 7 heteroatoms. The zero-order chi connectivity index (χ0) is 14.0. The number of hydrogen-bond acceptors (Lipinski definition) is 4. The van der Waals surface area contributed by atoms with Gasteiger partial charge in [-0.1, -0.05) is 6.07 Å². The number of nitrogens with zero attached hydrogens (tertiary/aromatic N) is 3. The number of hydrogen-bond donors (Lipinski definition) is 2. The average Bonchev–Trinajstić information content (AvgIpc) is 2.77. The first-order valence-corrected chi connectivity index (χ1v) is 5.66. The van der Waals surface area contributed by atoms with Crippen LogP contribution in [0, 0.1) is 12.7 Å². The normalized spacial score (nSPS) is 10.5. The Morgan fingerprint density at radius 3 is 2.89 bits per heavy atom. The summed E-state index contributed by atoms with van der Waals surface area (Å²) in [5, 5.41) is 6.63. The third kappa shape index (κ3) is 2.70. The Hall–Kier alpha value is -2.44. The van der Waals surface area contributed by atoms with Gasteiger partial charge in [-0.15, -0.1) is 0 Å². The molecule has 3 N–H and O–H groups in total. The van der Waals surface area contributed by atoms with Gasteiger partial charge in [-0.2, -0.15) is 5.10 Å². The van der Waals surface area contributed by atoms with Crippen LogP contribution >= 0.6 is 0 Å². The van der Waals surface area contributed by atoms with Crippen LogP contribution in [0.25, 0.3) is 0 Å². The lowest BCUT2D eigenvalue weighted by atomic mass is 10.1. The maximum absolute atomic E-state index is 13.3. The molecule has 1 aromatic carbocycles. The van der Waals surface area contributed by atoms with Crippen LogP contribution in [0.3, 0.4) is 0 Å². The van der Waals surface area contributed by atoms with Crippen LogP contribution in [0.2, 0.25) is 0 Å². The molecule has 0 saturated carbocycles. The first kappa shape index (κ1) is 13.0. The van der Waals surface area contributed by atoms with Crippen molar-refractivity contribution in [2.75, 3.05) is 12.8 Å². The minimum Gasteiger partial charge on any atom is -0.396 e. The second-order valence-corrected chi connectivity index (χ2v) is 4.20. The van der Waals surface area contributed by atoms with Crippen molar-refractivity contribution in [1.29, 1.82) is 0 Å². The summed E-state index contributed by atoms with van der Waals surface area (Å²) < 4.78 is 13.3. The van der Waals surface area contributed by atoms with E-state index in [-0.39, 0.29) is 23.7 Å². The Morgan fingerprint density at radius 1 is 1.53 bits per heavy atom. The molecule has 19 heavy (non-hydrogen) atoms. The third-order valence-electron chi connectivity index (χ3n) is 2.65. The molecule has 0 saturated heterocycles. The van der Waals surface area contributed by atoms with Gasteiger partial charge in [0.25, 0.3) is 5.91 Å². The van der Waals surface area contributed by atoms with Crippen molar-refractivity contribution < 1.29 is 9.18 Å². The van der Waals surface area contributed by atoms with Gasteiger partial charge in [0.05, 0.1) is 17.8 Å². The van der Waals surface area contributed by atoms with Crippen molar-refractivity contribution in [2.45, 2.75) is 13.5 Å². The highest BCUT2D eigenvalue weighted by Gasteiger charge is 2.18. The molecule has 1 aromatic heterocycles. The summed E-state index contributed by atoms with van der Waals surface area (Å²) in [4.78, 5) is 17.6. The van der Waals surface area contributed by atoms with Gasteiger partial charge in [0.1, 0.15) is 11.6 Å². The number of anilines is 1. The fourth-order valence-electron chi connectivity index (χ4n) is 1.67. The zero-order valence-electron chi connectivity index (χ0n) is 10.6. The number of amides is 1. The lowest BCUT2D eigenvalue weighted by Crippen LogP contribution is -2.27. The van der Waals surface area contributed by atoms with Gasteiger partial charge in [-0.3, -0.25) is 9.89 Å². The zero-order valence-corrected chi connectivity index (χ0v) is 10.6. The second kappa shape index (κ2) is 5.05. The van der Waals surface area contributed by atoms with Crippen molar-refractivity contribution in [3.8, 4) is 0 Å². The maximum Gasteiger partial charge on any atom is 0.256 e. The predicted octanol–water partition coefficient (Wildman–Crippen LogP) is 1.11. The van der Waals surface area contributed by atoms with Gasteiger partial charge in [0.2, 0.25) is 0 Å².